The number of likely N-dealkylation sites (tertiary alicyclic amines) is 2. The first-order valence-corrected chi connectivity index (χ1v) is 24.0. The molecule has 6 fully saturated rings. The molecule has 0 unspecified atom stereocenters. The molecule has 0 amide bonds. The van der Waals surface area contributed by atoms with Gasteiger partial charge < -0.3 is 15.1 Å². The number of nitrogens with zero attached hydrogens (tertiary/aromatic N) is 2. The van der Waals surface area contributed by atoms with E-state index in [1.807, 2.05) is 0 Å². The number of rotatable bonds is 6. The molecule has 3 saturated carbocycles. The zero-order valence-corrected chi connectivity index (χ0v) is 38.3. The molecule has 1 N–H and O–H groups in total. The highest BCUT2D eigenvalue weighted by molar-refractivity contribution is 4.72. The normalized spacial score (nSPS) is 23.0. The lowest BCUT2D eigenvalue weighted by Gasteiger charge is -2.29. The van der Waals surface area contributed by atoms with Gasteiger partial charge in [-0.15, -0.1) is 0 Å². The SMILES string of the molecule is CC(C)C1CCCC1.CC(C)C1CCCCC1.CC(C)C1CCCCC1.CC(C)C1CCNCC1.CC(C)N1CCCC1.CC(C)N1CCCCC1. The lowest BCUT2D eigenvalue weighted by Crippen LogP contribution is -2.35. The molecule has 0 aromatic rings. The van der Waals surface area contributed by atoms with Crippen molar-refractivity contribution in [1.82, 2.24) is 15.1 Å². The Labute approximate surface area is 330 Å². The largest absolute Gasteiger partial charge is 0.317 e. The molecule has 6 aliphatic rings. The summed E-state index contributed by atoms with van der Waals surface area (Å²) in [5, 5.41) is 3.37. The van der Waals surface area contributed by atoms with E-state index in [0.717, 1.165) is 59.4 Å². The van der Waals surface area contributed by atoms with Gasteiger partial charge in [-0.25, -0.2) is 0 Å². The fourth-order valence-electron chi connectivity index (χ4n) is 9.43. The standard InChI is InChI=1S/2C9H18.2C8H17N.C8H16.C7H15N/c2*1-8(2)9-6-4-3-5-7-9;1-7(2)8-3-5-9-6-4-8;1-8(2)9-6-4-3-5-7-9;2*1-7(2)8-5-3-4-6-8/h2*8-9H,3-7H2,1-2H3;7-9H,3-6H2,1-2H3;8H,3-7H2,1-2H3;7-8H,3-6H2,1-2H3;7H,3-6H2,1-2H3. The first kappa shape index (κ1) is 49.9. The zero-order valence-electron chi connectivity index (χ0n) is 38.3. The molecule has 3 heterocycles. The Morgan fingerprint density at radius 2 is 0.538 bits per heavy atom. The third-order valence-electron chi connectivity index (χ3n) is 13.8. The van der Waals surface area contributed by atoms with Crippen molar-refractivity contribution in [3.8, 4) is 0 Å². The lowest BCUT2D eigenvalue weighted by atomic mass is 9.82. The topological polar surface area (TPSA) is 18.5 Å². The highest BCUT2D eigenvalue weighted by Crippen LogP contribution is 2.31. The van der Waals surface area contributed by atoms with Crippen LogP contribution in [0.15, 0.2) is 0 Å². The summed E-state index contributed by atoms with van der Waals surface area (Å²) in [6, 6.07) is 1.54. The second kappa shape index (κ2) is 31.0. The predicted molar refractivity (Wildman–Crippen MR) is 237 cm³/mol. The smallest absolute Gasteiger partial charge is 0.00385 e. The van der Waals surface area contributed by atoms with Crippen LogP contribution in [-0.4, -0.2) is 61.2 Å². The molecule has 3 aliphatic heterocycles. The molecular formula is C49H101N3. The maximum absolute atomic E-state index is 3.37. The molecule has 6 rings (SSSR count). The van der Waals surface area contributed by atoms with Crippen LogP contribution in [0.1, 0.15) is 218 Å². The molecule has 3 nitrogen and oxygen atoms in total. The molecule has 3 saturated heterocycles. The van der Waals surface area contributed by atoms with E-state index in [1.54, 1.807) is 0 Å². The van der Waals surface area contributed by atoms with Gasteiger partial charge in [0.1, 0.15) is 0 Å². The van der Waals surface area contributed by atoms with Crippen LogP contribution >= 0.6 is 0 Å². The predicted octanol–water partition coefficient (Wildman–Crippen LogP) is 14.3. The van der Waals surface area contributed by atoms with Crippen LogP contribution in [-0.2, 0) is 0 Å². The Bertz CT molecular complexity index is 629. The van der Waals surface area contributed by atoms with E-state index in [9.17, 15) is 0 Å². The van der Waals surface area contributed by atoms with Crippen molar-refractivity contribution in [3.05, 3.63) is 0 Å². The number of piperidine rings is 2. The molecule has 0 spiro atoms. The van der Waals surface area contributed by atoms with Gasteiger partial charge in [-0.1, -0.05) is 152 Å². The van der Waals surface area contributed by atoms with Crippen LogP contribution in [0.4, 0.5) is 0 Å². The molecule has 3 heteroatoms. The Morgan fingerprint density at radius 3 is 0.750 bits per heavy atom. The van der Waals surface area contributed by atoms with E-state index in [2.05, 4.69) is 98.2 Å². The molecule has 312 valence electrons. The van der Waals surface area contributed by atoms with E-state index in [1.165, 1.54) is 174 Å². The van der Waals surface area contributed by atoms with Gasteiger partial charge in [-0.2, -0.15) is 0 Å². The van der Waals surface area contributed by atoms with Gasteiger partial charge in [0.15, 0.2) is 0 Å². The third kappa shape index (κ3) is 24.4. The molecule has 0 aromatic heterocycles. The number of nitrogens with one attached hydrogen (secondary N) is 1. The summed E-state index contributed by atoms with van der Waals surface area (Å²) in [5.41, 5.74) is 0. The van der Waals surface area contributed by atoms with Gasteiger partial charge >= 0.3 is 0 Å². The van der Waals surface area contributed by atoms with Gasteiger partial charge in [0.05, 0.1) is 0 Å². The lowest BCUT2D eigenvalue weighted by molar-refractivity contribution is 0.185. The second-order valence-corrected chi connectivity index (χ2v) is 19.9. The summed E-state index contributed by atoms with van der Waals surface area (Å²) in [4.78, 5) is 5.09. The summed E-state index contributed by atoms with van der Waals surface area (Å²) >= 11 is 0. The third-order valence-corrected chi connectivity index (χ3v) is 13.8. The van der Waals surface area contributed by atoms with Gasteiger partial charge in [-0.05, 0) is 153 Å². The second-order valence-electron chi connectivity index (χ2n) is 19.9. The summed E-state index contributed by atoms with van der Waals surface area (Å²) in [6.45, 7) is 35.7. The first-order valence-electron chi connectivity index (χ1n) is 24.0. The molecule has 0 radical (unpaired) electrons. The van der Waals surface area contributed by atoms with Crippen LogP contribution in [0.5, 0.6) is 0 Å². The highest BCUT2D eigenvalue weighted by atomic mass is 15.2. The minimum Gasteiger partial charge on any atom is -0.317 e. The van der Waals surface area contributed by atoms with Crippen molar-refractivity contribution in [1.29, 1.82) is 0 Å². The minimum atomic E-state index is 0.769. The number of hydrogen-bond acceptors (Lipinski definition) is 3. The monoisotopic (exact) mass is 732 g/mol. The van der Waals surface area contributed by atoms with Crippen LogP contribution in [0.25, 0.3) is 0 Å². The average molecular weight is 732 g/mol. The van der Waals surface area contributed by atoms with Gasteiger partial charge in [0, 0.05) is 12.1 Å². The summed E-state index contributed by atoms with van der Waals surface area (Å²) < 4.78 is 0. The summed E-state index contributed by atoms with van der Waals surface area (Å²) in [6.07, 6.45) is 30.8. The van der Waals surface area contributed by atoms with E-state index >= 15 is 0 Å². The van der Waals surface area contributed by atoms with Crippen molar-refractivity contribution < 1.29 is 0 Å². The maximum atomic E-state index is 3.37. The van der Waals surface area contributed by atoms with Crippen LogP contribution in [0, 0.1) is 47.3 Å². The fourth-order valence-corrected chi connectivity index (χ4v) is 9.43. The average Bonchev–Trinajstić information content (AvgIpc) is 3.91. The Kier molecular flexibility index (Phi) is 29.8. The molecule has 3 aliphatic carbocycles. The quantitative estimate of drug-likeness (QED) is 0.293. The Morgan fingerprint density at radius 1 is 0.308 bits per heavy atom. The van der Waals surface area contributed by atoms with Crippen LogP contribution < -0.4 is 5.32 Å². The van der Waals surface area contributed by atoms with Crippen molar-refractivity contribution in [3.63, 3.8) is 0 Å². The molecule has 52 heavy (non-hydrogen) atoms. The highest BCUT2D eigenvalue weighted by Gasteiger charge is 2.19. The molecular weight excluding hydrogens is 631 g/mol. The maximum Gasteiger partial charge on any atom is 0.00385 e. The van der Waals surface area contributed by atoms with Gasteiger partial charge in [0.2, 0.25) is 0 Å². The van der Waals surface area contributed by atoms with Crippen LogP contribution in [0.2, 0.25) is 0 Å². The Hall–Kier alpha value is -0.120. The van der Waals surface area contributed by atoms with E-state index in [4.69, 9.17) is 0 Å². The van der Waals surface area contributed by atoms with Crippen molar-refractivity contribution in [2.24, 2.45) is 47.3 Å². The molecule has 0 aromatic carbocycles. The van der Waals surface area contributed by atoms with Crippen molar-refractivity contribution in [2.45, 2.75) is 230 Å². The zero-order chi connectivity index (χ0) is 38.7. The summed E-state index contributed by atoms with van der Waals surface area (Å²) in [7, 11) is 0. The molecule has 0 bridgehead atoms. The van der Waals surface area contributed by atoms with E-state index in [0.29, 0.717) is 0 Å². The fraction of sp³-hybridized carbons (Fsp3) is 1.00. The van der Waals surface area contributed by atoms with Gasteiger partial charge in [-0.3, -0.25) is 0 Å². The number of hydrogen-bond donors (Lipinski definition) is 1. The summed E-state index contributed by atoms with van der Waals surface area (Å²) in [5.74, 6) is 7.87. The minimum absolute atomic E-state index is 0.769. The van der Waals surface area contributed by atoms with E-state index in [-0.39, 0.29) is 0 Å². The Balaban J connectivity index is 0.000000312. The van der Waals surface area contributed by atoms with Crippen molar-refractivity contribution >= 4 is 0 Å². The molecule has 0 atom stereocenters. The van der Waals surface area contributed by atoms with Gasteiger partial charge in [0.25, 0.3) is 0 Å². The first-order chi connectivity index (χ1) is 24.8. The van der Waals surface area contributed by atoms with E-state index < -0.39 is 0 Å². The van der Waals surface area contributed by atoms with Crippen LogP contribution in [0.3, 0.4) is 0 Å². The van der Waals surface area contributed by atoms with Crippen molar-refractivity contribution in [2.75, 3.05) is 39.3 Å².